The summed E-state index contributed by atoms with van der Waals surface area (Å²) in [6.45, 7) is 5.58. The number of benzene rings is 1. The van der Waals surface area contributed by atoms with Crippen molar-refractivity contribution in [2.24, 2.45) is 0 Å². The number of rotatable bonds is 3. The second kappa shape index (κ2) is 5.49. The zero-order chi connectivity index (χ0) is 14.8. The van der Waals surface area contributed by atoms with Crippen molar-refractivity contribution in [2.75, 3.05) is 7.11 Å². The molecule has 0 aliphatic carbocycles. The van der Waals surface area contributed by atoms with Crippen LogP contribution >= 0.6 is 0 Å². The van der Waals surface area contributed by atoms with Gasteiger partial charge in [0, 0.05) is 5.39 Å². The van der Waals surface area contributed by atoms with E-state index in [1.165, 1.54) is 0 Å². The first-order valence-corrected chi connectivity index (χ1v) is 6.52. The summed E-state index contributed by atoms with van der Waals surface area (Å²) in [6.07, 6.45) is 1.93. The van der Waals surface area contributed by atoms with Crippen molar-refractivity contribution < 1.29 is 14.3 Å². The van der Waals surface area contributed by atoms with Gasteiger partial charge in [-0.2, -0.15) is 0 Å². The Morgan fingerprint density at radius 1 is 1.25 bits per heavy atom. The molecule has 0 aliphatic heterocycles. The number of fused-ring (bicyclic) bond motifs is 1. The number of pyridine rings is 1. The molecule has 0 fully saturated rings. The molecule has 0 N–H and O–H groups in total. The predicted molar refractivity (Wildman–Crippen MR) is 77.8 cm³/mol. The first-order chi connectivity index (χ1) is 9.37. The molecule has 2 aromatic rings. The number of esters is 1. The molecule has 1 heterocycles. The monoisotopic (exact) mass is 273 g/mol. The first-order valence-electron chi connectivity index (χ1n) is 6.52. The molecular weight excluding hydrogens is 254 g/mol. The highest BCUT2D eigenvalue weighted by Crippen LogP contribution is 2.20. The highest BCUT2D eigenvalue weighted by atomic mass is 16.6. The van der Waals surface area contributed by atoms with Crippen molar-refractivity contribution in [3.8, 4) is 5.75 Å². The van der Waals surface area contributed by atoms with Crippen LogP contribution in [0.1, 0.15) is 26.3 Å². The lowest BCUT2D eigenvalue weighted by Crippen LogP contribution is -2.24. The summed E-state index contributed by atoms with van der Waals surface area (Å²) in [5.41, 5.74) is 1.32. The number of hydrogen-bond donors (Lipinski definition) is 0. The summed E-state index contributed by atoms with van der Waals surface area (Å²) in [6, 6.07) is 7.63. The summed E-state index contributed by atoms with van der Waals surface area (Å²) < 4.78 is 10.5. The van der Waals surface area contributed by atoms with Crippen LogP contribution in [0.2, 0.25) is 0 Å². The van der Waals surface area contributed by atoms with Crippen molar-refractivity contribution in [3.63, 3.8) is 0 Å². The number of ether oxygens (including phenoxy) is 2. The fraction of sp³-hybridized carbons (Fsp3) is 0.375. The van der Waals surface area contributed by atoms with Crippen LogP contribution in [0.4, 0.5) is 0 Å². The quantitative estimate of drug-likeness (QED) is 0.806. The minimum Gasteiger partial charge on any atom is -0.495 e. The van der Waals surface area contributed by atoms with E-state index in [-0.39, 0.29) is 12.4 Å². The van der Waals surface area contributed by atoms with Gasteiger partial charge < -0.3 is 9.47 Å². The SMILES string of the molecule is COc1cnc2ccc(CC(=O)OC(C)(C)C)cc2c1. The van der Waals surface area contributed by atoms with Gasteiger partial charge in [0.15, 0.2) is 0 Å². The van der Waals surface area contributed by atoms with Crippen LogP contribution in [0.3, 0.4) is 0 Å². The molecule has 106 valence electrons. The Morgan fingerprint density at radius 3 is 2.65 bits per heavy atom. The van der Waals surface area contributed by atoms with Crippen molar-refractivity contribution in [2.45, 2.75) is 32.8 Å². The summed E-state index contributed by atoms with van der Waals surface area (Å²) in [5.74, 6) is 0.472. The maximum Gasteiger partial charge on any atom is 0.310 e. The average Bonchev–Trinajstić information content (AvgIpc) is 2.35. The van der Waals surface area contributed by atoms with Crippen LogP contribution in [-0.4, -0.2) is 23.7 Å². The average molecular weight is 273 g/mol. The zero-order valence-electron chi connectivity index (χ0n) is 12.3. The number of hydrogen-bond acceptors (Lipinski definition) is 4. The van der Waals surface area contributed by atoms with E-state index in [4.69, 9.17) is 9.47 Å². The van der Waals surface area contributed by atoms with Gasteiger partial charge in [-0.05, 0) is 44.5 Å². The Labute approximate surface area is 118 Å². The number of nitrogens with zero attached hydrogens (tertiary/aromatic N) is 1. The fourth-order valence-electron chi connectivity index (χ4n) is 1.93. The molecule has 0 unspecified atom stereocenters. The fourth-order valence-corrected chi connectivity index (χ4v) is 1.93. The molecular formula is C16H19NO3. The third-order valence-corrected chi connectivity index (χ3v) is 2.72. The normalized spacial score (nSPS) is 11.4. The molecule has 1 aromatic carbocycles. The van der Waals surface area contributed by atoms with Crippen LogP contribution in [0.15, 0.2) is 30.5 Å². The van der Waals surface area contributed by atoms with Crippen molar-refractivity contribution in [1.82, 2.24) is 4.98 Å². The number of aromatic nitrogens is 1. The zero-order valence-corrected chi connectivity index (χ0v) is 12.3. The van der Waals surface area contributed by atoms with Crippen molar-refractivity contribution >= 4 is 16.9 Å². The molecule has 0 amide bonds. The molecule has 2 rings (SSSR count). The van der Waals surface area contributed by atoms with Gasteiger partial charge in [-0.15, -0.1) is 0 Å². The molecule has 0 saturated carbocycles. The summed E-state index contributed by atoms with van der Waals surface area (Å²) in [7, 11) is 1.60. The summed E-state index contributed by atoms with van der Waals surface area (Å²) in [4.78, 5) is 16.1. The summed E-state index contributed by atoms with van der Waals surface area (Å²) in [5, 5.41) is 0.949. The van der Waals surface area contributed by atoms with Gasteiger partial charge in [0.1, 0.15) is 11.4 Å². The first kappa shape index (κ1) is 14.3. The molecule has 0 atom stereocenters. The van der Waals surface area contributed by atoms with Crippen molar-refractivity contribution in [1.29, 1.82) is 0 Å². The van der Waals surface area contributed by atoms with E-state index in [2.05, 4.69) is 4.98 Å². The predicted octanol–water partition coefficient (Wildman–Crippen LogP) is 3.13. The minimum absolute atomic E-state index is 0.229. The molecule has 4 heteroatoms. The number of methoxy groups -OCH3 is 1. The van der Waals surface area contributed by atoms with E-state index in [0.717, 1.165) is 16.5 Å². The van der Waals surface area contributed by atoms with Gasteiger partial charge in [-0.3, -0.25) is 9.78 Å². The third kappa shape index (κ3) is 3.70. The van der Waals surface area contributed by atoms with Crippen LogP contribution in [0.5, 0.6) is 5.75 Å². The molecule has 0 bridgehead atoms. The van der Waals surface area contributed by atoms with E-state index in [1.807, 2.05) is 45.0 Å². The largest absolute Gasteiger partial charge is 0.495 e. The molecule has 4 nitrogen and oxygen atoms in total. The molecule has 20 heavy (non-hydrogen) atoms. The number of carbonyl (C=O) groups excluding carboxylic acids is 1. The lowest BCUT2D eigenvalue weighted by molar-refractivity contribution is -0.153. The topological polar surface area (TPSA) is 48.4 Å². The Balaban J connectivity index is 2.20. The van der Waals surface area contributed by atoms with Crippen LogP contribution in [0, 0.1) is 0 Å². The lowest BCUT2D eigenvalue weighted by Gasteiger charge is -2.19. The highest BCUT2D eigenvalue weighted by molar-refractivity contribution is 5.82. The lowest BCUT2D eigenvalue weighted by atomic mass is 10.1. The van der Waals surface area contributed by atoms with Gasteiger partial charge in [0.25, 0.3) is 0 Å². The Hall–Kier alpha value is -2.10. The Kier molecular flexibility index (Phi) is 3.93. The molecule has 0 spiro atoms. The number of carbonyl (C=O) groups is 1. The summed E-state index contributed by atoms with van der Waals surface area (Å²) >= 11 is 0. The van der Waals surface area contributed by atoms with Crippen molar-refractivity contribution in [3.05, 3.63) is 36.0 Å². The van der Waals surface area contributed by atoms with E-state index in [1.54, 1.807) is 13.3 Å². The second-order valence-electron chi connectivity index (χ2n) is 5.67. The van der Waals surface area contributed by atoms with Gasteiger partial charge in [0.05, 0.1) is 25.2 Å². The smallest absolute Gasteiger partial charge is 0.310 e. The molecule has 1 aromatic heterocycles. The highest BCUT2D eigenvalue weighted by Gasteiger charge is 2.16. The van der Waals surface area contributed by atoms with Crippen LogP contribution in [-0.2, 0) is 16.0 Å². The second-order valence-corrected chi connectivity index (χ2v) is 5.67. The van der Waals surface area contributed by atoms with Gasteiger partial charge >= 0.3 is 5.97 Å². The van der Waals surface area contributed by atoms with E-state index in [0.29, 0.717) is 5.75 Å². The molecule has 0 aliphatic rings. The molecule has 0 saturated heterocycles. The van der Waals surface area contributed by atoms with E-state index >= 15 is 0 Å². The van der Waals surface area contributed by atoms with E-state index in [9.17, 15) is 4.79 Å². The van der Waals surface area contributed by atoms with Gasteiger partial charge in [-0.25, -0.2) is 0 Å². The minimum atomic E-state index is -0.460. The molecule has 0 radical (unpaired) electrons. The van der Waals surface area contributed by atoms with Crippen LogP contribution < -0.4 is 4.74 Å². The maximum absolute atomic E-state index is 11.8. The van der Waals surface area contributed by atoms with Crippen LogP contribution in [0.25, 0.3) is 10.9 Å². The standard InChI is InChI=1S/C16H19NO3/c1-16(2,3)20-15(18)8-11-5-6-14-12(7-11)9-13(19-4)10-17-14/h5-7,9-10H,8H2,1-4H3. The Bertz CT molecular complexity index is 629. The van der Waals surface area contributed by atoms with Gasteiger partial charge in [-0.1, -0.05) is 6.07 Å². The van der Waals surface area contributed by atoms with E-state index < -0.39 is 5.60 Å². The van der Waals surface area contributed by atoms with Gasteiger partial charge in [0.2, 0.25) is 0 Å². The Morgan fingerprint density at radius 2 is 2.00 bits per heavy atom. The third-order valence-electron chi connectivity index (χ3n) is 2.72. The maximum atomic E-state index is 11.8.